The number of halogens is 1. The highest BCUT2D eigenvalue weighted by molar-refractivity contribution is 9.09. The van der Waals surface area contributed by atoms with Crippen molar-refractivity contribution in [1.82, 2.24) is 14.8 Å². The summed E-state index contributed by atoms with van der Waals surface area (Å²) in [6.07, 6.45) is 2.72. The van der Waals surface area contributed by atoms with E-state index >= 15 is 0 Å². The molecule has 0 aliphatic heterocycles. The molecule has 3 nitrogen and oxygen atoms in total. The molecule has 0 aliphatic rings. The largest absolute Gasteiger partial charge is 0.315 e. The van der Waals surface area contributed by atoms with Gasteiger partial charge in [-0.1, -0.05) is 15.9 Å². The van der Waals surface area contributed by atoms with Gasteiger partial charge in [0.05, 0.1) is 0 Å². The summed E-state index contributed by atoms with van der Waals surface area (Å²) in [6, 6.07) is 0.457. The van der Waals surface area contributed by atoms with E-state index in [9.17, 15) is 0 Å². The van der Waals surface area contributed by atoms with Gasteiger partial charge in [0.25, 0.3) is 0 Å². The monoisotopic (exact) mass is 217 g/mol. The van der Waals surface area contributed by atoms with Crippen molar-refractivity contribution in [2.45, 2.75) is 26.3 Å². The maximum Gasteiger partial charge on any atom is 0.133 e. The fraction of sp³-hybridized carbons (Fsp3) is 0.714. The van der Waals surface area contributed by atoms with E-state index in [-0.39, 0.29) is 0 Å². The number of aryl methyl sites for hydroxylation is 1. The fourth-order valence-electron chi connectivity index (χ4n) is 0.961. The Labute approximate surface area is 75.0 Å². The van der Waals surface area contributed by atoms with E-state index in [0.29, 0.717) is 6.04 Å². The molecule has 0 atom stereocenters. The van der Waals surface area contributed by atoms with Crippen LogP contribution in [-0.2, 0) is 6.42 Å². The fourth-order valence-corrected chi connectivity index (χ4v) is 1.32. The van der Waals surface area contributed by atoms with Gasteiger partial charge in [-0.05, 0) is 13.8 Å². The Morgan fingerprint density at radius 2 is 2.36 bits per heavy atom. The lowest BCUT2D eigenvalue weighted by Gasteiger charge is -2.08. The van der Waals surface area contributed by atoms with Gasteiger partial charge in [0, 0.05) is 17.8 Å². The third kappa shape index (κ3) is 2.02. The Morgan fingerprint density at radius 1 is 1.64 bits per heavy atom. The summed E-state index contributed by atoms with van der Waals surface area (Å²) in [4.78, 5) is 0. The van der Waals surface area contributed by atoms with Gasteiger partial charge in [0.1, 0.15) is 12.2 Å². The number of aromatic nitrogens is 3. The van der Waals surface area contributed by atoms with E-state index in [1.807, 2.05) is 0 Å². The first-order valence-corrected chi connectivity index (χ1v) is 4.82. The Bertz CT molecular complexity index is 219. The molecule has 0 fully saturated rings. The third-order valence-corrected chi connectivity index (χ3v) is 1.92. The van der Waals surface area contributed by atoms with E-state index in [1.54, 1.807) is 6.33 Å². The predicted molar refractivity (Wildman–Crippen MR) is 47.9 cm³/mol. The van der Waals surface area contributed by atoms with Gasteiger partial charge >= 0.3 is 0 Å². The average molecular weight is 218 g/mol. The minimum atomic E-state index is 0.457. The van der Waals surface area contributed by atoms with Crippen LogP contribution in [0, 0.1) is 0 Å². The van der Waals surface area contributed by atoms with Crippen LogP contribution in [0.3, 0.4) is 0 Å². The van der Waals surface area contributed by atoms with Crippen molar-refractivity contribution < 1.29 is 0 Å². The lowest BCUT2D eigenvalue weighted by Crippen LogP contribution is -2.05. The SMILES string of the molecule is CC(C)n1cnnc1CCBr. The Hall–Kier alpha value is -0.380. The van der Waals surface area contributed by atoms with E-state index < -0.39 is 0 Å². The first-order valence-electron chi connectivity index (χ1n) is 3.70. The van der Waals surface area contributed by atoms with Crippen LogP contribution in [0.25, 0.3) is 0 Å². The number of rotatable bonds is 3. The summed E-state index contributed by atoms with van der Waals surface area (Å²) in [5.41, 5.74) is 0. The topological polar surface area (TPSA) is 30.7 Å². The van der Waals surface area contributed by atoms with Gasteiger partial charge in [-0.3, -0.25) is 0 Å². The Morgan fingerprint density at radius 3 is 2.91 bits per heavy atom. The molecule has 62 valence electrons. The molecule has 11 heavy (non-hydrogen) atoms. The molecule has 0 N–H and O–H groups in total. The van der Waals surface area contributed by atoms with Crippen molar-refractivity contribution in [2.75, 3.05) is 5.33 Å². The molecule has 1 aromatic heterocycles. The molecular formula is C7H12BrN3. The van der Waals surface area contributed by atoms with Gasteiger partial charge in [-0.25, -0.2) is 0 Å². The lowest BCUT2D eigenvalue weighted by molar-refractivity contribution is 0.572. The molecule has 4 heteroatoms. The van der Waals surface area contributed by atoms with E-state index in [1.165, 1.54) is 0 Å². The summed E-state index contributed by atoms with van der Waals surface area (Å²) in [6.45, 7) is 4.25. The summed E-state index contributed by atoms with van der Waals surface area (Å²) >= 11 is 3.37. The zero-order valence-electron chi connectivity index (χ0n) is 6.79. The number of hydrogen-bond donors (Lipinski definition) is 0. The second kappa shape index (κ2) is 3.85. The van der Waals surface area contributed by atoms with Crippen LogP contribution < -0.4 is 0 Å². The molecule has 0 amide bonds. The van der Waals surface area contributed by atoms with Gasteiger partial charge in [0.15, 0.2) is 0 Å². The van der Waals surface area contributed by atoms with Crippen LogP contribution >= 0.6 is 15.9 Å². The smallest absolute Gasteiger partial charge is 0.133 e. The van der Waals surface area contributed by atoms with Crippen molar-refractivity contribution in [3.05, 3.63) is 12.2 Å². The minimum Gasteiger partial charge on any atom is -0.315 e. The summed E-state index contributed by atoms with van der Waals surface area (Å²) < 4.78 is 2.08. The zero-order chi connectivity index (χ0) is 8.27. The molecule has 0 unspecified atom stereocenters. The molecule has 1 aromatic rings. The van der Waals surface area contributed by atoms with Crippen molar-refractivity contribution in [1.29, 1.82) is 0 Å². The molecule has 1 heterocycles. The summed E-state index contributed by atoms with van der Waals surface area (Å²) in [5.74, 6) is 1.05. The predicted octanol–water partition coefficient (Wildman–Crippen LogP) is 1.80. The van der Waals surface area contributed by atoms with Crippen molar-refractivity contribution in [3.8, 4) is 0 Å². The second-order valence-electron chi connectivity index (χ2n) is 2.69. The number of nitrogens with zero attached hydrogens (tertiary/aromatic N) is 3. The molecule has 0 aromatic carbocycles. The van der Waals surface area contributed by atoms with Crippen molar-refractivity contribution in [3.63, 3.8) is 0 Å². The highest BCUT2D eigenvalue weighted by Gasteiger charge is 2.04. The first kappa shape index (κ1) is 8.71. The average Bonchev–Trinajstić information content (AvgIpc) is 2.36. The minimum absolute atomic E-state index is 0.457. The maximum absolute atomic E-state index is 4.01. The molecule has 1 rings (SSSR count). The van der Waals surface area contributed by atoms with Crippen molar-refractivity contribution >= 4 is 15.9 Å². The van der Waals surface area contributed by atoms with Crippen LogP contribution in [0.4, 0.5) is 0 Å². The van der Waals surface area contributed by atoms with Crippen LogP contribution in [-0.4, -0.2) is 20.1 Å². The quantitative estimate of drug-likeness (QED) is 0.724. The molecule has 0 aliphatic carbocycles. The summed E-state index contributed by atoms with van der Waals surface area (Å²) in [5, 5.41) is 8.81. The van der Waals surface area contributed by atoms with Gasteiger partial charge in [-0.15, -0.1) is 10.2 Å². The van der Waals surface area contributed by atoms with Gasteiger partial charge in [-0.2, -0.15) is 0 Å². The zero-order valence-corrected chi connectivity index (χ0v) is 8.37. The Balaban J connectivity index is 2.78. The van der Waals surface area contributed by atoms with Crippen LogP contribution in [0.5, 0.6) is 0 Å². The van der Waals surface area contributed by atoms with Crippen LogP contribution in [0.1, 0.15) is 25.7 Å². The lowest BCUT2D eigenvalue weighted by atomic mass is 10.3. The normalized spacial score (nSPS) is 10.9. The van der Waals surface area contributed by atoms with E-state index in [2.05, 4.69) is 44.5 Å². The highest BCUT2D eigenvalue weighted by Crippen LogP contribution is 2.07. The summed E-state index contributed by atoms with van der Waals surface area (Å²) in [7, 11) is 0. The van der Waals surface area contributed by atoms with Crippen molar-refractivity contribution in [2.24, 2.45) is 0 Å². The van der Waals surface area contributed by atoms with Crippen LogP contribution in [0.15, 0.2) is 6.33 Å². The molecular weight excluding hydrogens is 206 g/mol. The number of hydrogen-bond acceptors (Lipinski definition) is 2. The molecule has 0 spiro atoms. The maximum atomic E-state index is 4.01. The molecule has 0 radical (unpaired) electrons. The molecule has 0 saturated heterocycles. The standard InChI is InChI=1S/C7H12BrN3/c1-6(2)11-5-9-10-7(11)3-4-8/h5-6H,3-4H2,1-2H3. The van der Waals surface area contributed by atoms with E-state index in [0.717, 1.165) is 17.6 Å². The Kier molecular flexibility index (Phi) is 3.05. The van der Waals surface area contributed by atoms with Crippen LogP contribution in [0.2, 0.25) is 0 Å². The molecule has 0 bridgehead atoms. The third-order valence-electron chi connectivity index (χ3n) is 1.52. The first-order chi connectivity index (χ1) is 5.25. The molecule has 0 saturated carbocycles. The van der Waals surface area contributed by atoms with Gasteiger partial charge in [0.2, 0.25) is 0 Å². The number of alkyl halides is 1. The van der Waals surface area contributed by atoms with Gasteiger partial charge < -0.3 is 4.57 Å². The second-order valence-corrected chi connectivity index (χ2v) is 3.48. The van der Waals surface area contributed by atoms with E-state index in [4.69, 9.17) is 0 Å². The highest BCUT2D eigenvalue weighted by atomic mass is 79.9.